The summed E-state index contributed by atoms with van der Waals surface area (Å²) in [6, 6.07) is 12.2. The van der Waals surface area contributed by atoms with Crippen molar-refractivity contribution < 1.29 is 53.6 Å². The second-order valence-electron chi connectivity index (χ2n) is 18.3. The molecule has 1 heterocycles. The molecule has 15 nitrogen and oxygen atoms in total. The molecule has 0 spiro atoms. The molecule has 0 unspecified atom stereocenters. The number of aliphatic hydroxyl groups excluding tert-OH is 2. The number of imide groups is 1. The Kier molecular flexibility index (Phi) is 13.1. The Morgan fingerprint density at radius 3 is 2.17 bits per heavy atom. The summed E-state index contributed by atoms with van der Waals surface area (Å²) in [7, 11) is 0. The van der Waals surface area contributed by atoms with Gasteiger partial charge in [-0.1, -0.05) is 49.4 Å². The zero-order chi connectivity index (χ0) is 46.4. The molecule has 10 atom stereocenters. The van der Waals surface area contributed by atoms with Crippen LogP contribution in [0.25, 0.3) is 0 Å². The van der Waals surface area contributed by atoms with E-state index >= 15 is 0 Å². The van der Waals surface area contributed by atoms with Crippen LogP contribution in [0.4, 0.5) is 5.69 Å². The van der Waals surface area contributed by atoms with Crippen molar-refractivity contribution in [1.82, 2.24) is 15.5 Å². The number of ketones is 2. The monoisotopic (exact) mass is 896 g/mol. The molecule has 1 aliphatic heterocycles. The zero-order valence-corrected chi connectivity index (χ0v) is 37.4. The first-order valence-electron chi connectivity index (χ1n) is 21.7. The Morgan fingerprint density at radius 1 is 0.906 bits per heavy atom. The highest BCUT2D eigenvalue weighted by Crippen LogP contribution is 2.68. The van der Waals surface area contributed by atoms with Gasteiger partial charge in [0, 0.05) is 62.9 Å². The lowest BCUT2D eigenvalue weighted by Crippen LogP contribution is -2.64. The fourth-order valence-electron chi connectivity index (χ4n) is 11.0. The Hall–Kier alpha value is -5.26. The third-order valence-corrected chi connectivity index (χ3v) is 15.3. The highest BCUT2D eigenvalue weighted by Gasteiger charge is 2.70. The molecule has 0 saturated heterocycles. The van der Waals surface area contributed by atoms with E-state index in [-0.39, 0.29) is 49.3 Å². The minimum atomic E-state index is -1.94. The van der Waals surface area contributed by atoms with Crippen molar-refractivity contribution in [2.45, 2.75) is 113 Å². The fraction of sp³-hybridized carbons (Fsp3) is 0.479. The number of ether oxygens (including phenoxy) is 1. The van der Waals surface area contributed by atoms with E-state index in [1.54, 1.807) is 36.4 Å². The van der Waals surface area contributed by atoms with Crippen molar-refractivity contribution in [2.75, 3.05) is 18.5 Å². The molecular formula is C48H56N4O11S. The second-order valence-corrected chi connectivity index (χ2v) is 19.5. The number of anilines is 1. The van der Waals surface area contributed by atoms with Gasteiger partial charge in [-0.3, -0.25) is 38.5 Å². The highest BCUT2D eigenvalue weighted by atomic mass is 32.2. The van der Waals surface area contributed by atoms with Crippen molar-refractivity contribution in [3.05, 3.63) is 90.0 Å². The van der Waals surface area contributed by atoms with Crippen LogP contribution in [0.3, 0.4) is 0 Å². The van der Waals surface area contributed by atoms with Crippen LogP contribution in [0.5, 0.6) is 0 Å². The van der Waals surface area contributed by atoms with Gasteiger partial charge >= 0.3 is 0 Å². The Balaban J connectivity index is 0.938. The average molecular weight is 897 g/mol. The molecule has 340 valence electrons. The number of carbonyl (C=O) groups is 7. The summed E-state index contributed by atoms with van der Waals surface area (Å²) >= 11 is 1.43. The Labute approximate surface area is 376 Å². The first-order valence-corrected chi connectivity index (χ1v) is 22.5. The molecule has 5 amide bonds. The highest BCUT2D eigenvalue weighted by molar-refractivity contribution is 7.99. The third-order valence-electron chi connectivity index (χ3n) is 14.3. The normalized spacial score (nSPS) is 30.0. The van der Waals surface area contributed by atoms with Crippen LogP contribution in [0, 0.1) is 28.6 Å². The molecule has 3 fully saturated rings. The summed E-state index contributed by atoms with van der Waals surface area (Å²) in [6.07, 6.45) is 9.06. The summed E-state index contributed by atoms with van der Waals surface area (Å²) in [5, 5.41) is 42.1. The van der Waals surface area contributed by atoms with Crippen molar-refractivity contribution in [1.29, 1.82) is 0 Å². The van der Waals surface area contributed by atoms with Gasteiger partial charge in [-0.05, 0) is 113 Å². The summed E-state index contributed by atoms with van der Waals surface area (Å²) < 4.78 is 6.63. The van der Waals surface area contributed by atoms with E-state index in [4.69, 9.17) is 4.74 Å². The molecule has 2 aromatic carbocycles. The number of carbonyl (C=O) groups excluding carboxylic acids is 7. The molecule has 5 aliphatic rings. The molecule has 6 N–H and O–H groups in total. The van der Waals surface area contributed by atoms with Crippen molar-refractivity contribution >= 4 is 58.6 Å². The number of allylic oxidation sites excluding steroid dienone is 4. The maximum Gasteiger partial charge on any atom is 0.253 e. The van der Waals surface area contributed by atoms with Crippen LogP contribution < -0.4 is 16.0 Å². The van der Waals surface area contributed by atoms with Gasteiger partial charge in [0.05, 0.1) is 6.10 Å². The number of rotatable bonds is 15. The van der Waals surface area contributed by atoms with Crippen LogP contribution in [0.15, 0.2) is 94.3 Å². The number of hydrogen-bond acceptors (Lipinski definition) is 12. The summed E-state index contributed by atoms with van der Waals surface area (Å²) in [5.74, 6) is -5.30. The number of nitrogens with one attached hydrogen (secondary N) is 3. The molecule has 64 heavy (non-hydrogen) atoms. The summed E-state index contributed by atoms with van der Waals surface area (Å²) in [5.41, 5.74) is -1.03. The van der Waals surface area contributed by atoms with Gasteiger partial charge in [0.15, 0.2) is 17.4 Å². The summed E-state index contributed by atoms with van der Waals surface area (Å²) in [4.78, 5) is 90.1. The molecule has 0 aromatic heterocycles. The topological polar surface area (TPSA) is 229 Å². The number of amides is 5. The SMILES string of the molecule is C[C@H](NC(=O)CCN1C(=O)C=CC1=O)C(=O)N[C@@H](C)C(=O)Nc1ccc(Sc2ccc([C@@](C)(O)O[C@]3(C(=O)CO)CC[C@H]4[C@@H]5CCC6=CC(=O)C=C[C@]6(C)[C@H]5[C@@H](O)C[C@@]43C)cc2)cc1. The van der Waals surface area contributed by atoms with E-state index < -0.39 is 82.3 Å². The lowest BCUT2D eigenvalue weighted by Gasteiger charge is -2.60. The minimum absolute atomic E-state index is 0.0331. The number of hydrogen-bond donors (Lipinski definition) is 6. The van der Waals surface area contributed by atoms with Crippen LogP contribution >= 0.6 is 11.8 Å². The van der Waals surface area contributed by atoms with Crippen LogP contribution in [-0.2, 0) is 44.1 Å². The van der Waals surface area contributed by atoms with E-state index in [0.717, 1.165) is 38.8 Å². The molecule has 7 rings (SSSR count). The summed E-state index contributed by atoms with van der Waals surface area (Å²) in [6.45, 7) is 7.59. The average Bonchev–Trinajstić information content (AvgIpc) is 3.73. The predicted octanol–water partition coefficient (Wildman–Crippen LogP) is 3.86. The third kappa shape index (κ3) is 8.77. The second kappa shape index (κ2) is 18.0. The van der Waals surface area contributed by atoms with Gasteiger partial charge in [-0.25, -0.2) is 0 Å². The lowest BCUT2D eigenvalue weighted by atomic mass is 9.46. The molecule has 16 heteroatoms. The van der Waals surface area contributed by atoms with Gasteiger partial charge in [-0.2, -0.15) is 0 Å². The molecule has 0 bridgehead atoms. The van der Waals surface area contributed by atoms with E-state index in [0.29, 0.717) is 24.1 Å². The molecular weight excluding hydrogens is 841 g/mol. The van der Waals surface area contributed by atoms with Gasteiger partial charge in [0.25, 0.3) is 11.8 Å². The van der Waals surface area contributed by atoms with Gasteiger partial charge in [-0.15, -0.1) is 0 Å². The smallest absolute Gasteiger partial charge is 0.253 e. The van der Waals surface area contributed by atoms with Crippen LogP contribution in [-0.4, -0.2) is 98.3 Å². The molecule has 0 radical (unpaired) electrons. The van der Waals surface area contributed by atoms with Crippen molar-refractivity contribution in [2.24, 2.45) is 28.6 Å². The minimum Gasteiger partial charge on any atom is -0.393 e. The molecule has 3 saturated carbocycles. The van der Waals surface area contributed by atoms with Gasteiger partial charge in [0.1, 0.15) is 24.3 Å². The van der Waals surface area contributed by atoms with E-state index in [9.17, 15) is 48.9 Å². The quantitative estimate of drug-likeness (QED) is 0.111. The number of benzene rings is 2. The molecule has 2 aromatic rings. The number of fused-ring (bicyclic) bond motifs is 5. The van der Waals surface area contributed by atoms with Crippen molar-refractivity contribution in [3.63, 3.8) is 0 Å². The maximum atomic E-state index is 13.9. The Morgan fingerprint density at radius 2 is 1.53 bits per heavy atom. The standard InChI is InChI=1S/C48H56N4O11S/c1-27(49-39(57)20-23-52-40(58)16-17-41(52)59)43(60)50-28(2)44(61)51-31-9-13-34(14-10-31)64-33-11-6-29(7-12-33)47(5,62)63-48(38(56)26-53)22-19-36-35-15-8-30-24-32(54)18-21-45(30,3)42(35)37(55)25-46(36,48)4/h6-7,9-14,16-18,21,24,27-28,35-37,42,53,55,62H,8,15,19-20,22-23,25-26H2,1-5H3,(H,49,57)(H,50,60)(H,51,61)/t27-,28-,35-,36-,37-,42+,45-,46-,47-,48-/m0/s1. The van der Waals surface area contributed by atoms with E-state index in [1.165, 1.54) is 32.5 Å². The number of aliphatic hydroxyl groups is 3. The first-order chi connectivity index (χ1) is 30.2. The fourth-order valence-corrected chi connectivity index (χ4v) is 11.8. The predicted molar refractivity (Wildman–Crippen MR) is 235 cm³/mol. The van der Waals surface area contributed by atoms with Gasteiger partial charge < -0.3 is 36.0 Å². The van der Waals surface area contributed by atoms with E-state index in [2.05, 4.69) is 22.9 Å². The molecule has 4 aliphatic carbocycles. The van der Waals surface area contributed by atoms with E-state index in [1.807, 2.05) is 37.3 Å². The number of nitrogens with zero attached hydrogens (tertiary/aromatic N) is 1. The van der Waals surface area contributed by atoms with Crippen LogP contribution in [0.2, 0.25) is 0 Å². The first kappa shape index (κ1) is 46.7. The van der Waals surface area contributed by atoms with Crippen molar-refractivity contribution in [3.8, 4) is 0 Å². The zero-order valence-electron chi connectivity index (χ0n) is 36.6. The largest absolute Gasteiger partial charge is 0.393 e. The maximum absolute atomic E-state index is 13.9. The number of Topliss-reactive ketones (excluding diaryl/α,β-unsaturated/α-hetero) is 1. The van der Waals surface area contributed by atoms with Crippen LogP contribution in [0.1, 0.15) is 78.7 Å². The Bertz CT molecular complexity index is 2310. The van der Waals surface area contributed by atoms with Gasteiger partial charge in [0.2, 0.25) is 17.7 Å². The lowest BCUT2D eigenvalue weighted by molar-refractivity contribution is -0.292.